The van der Waals surface area contributed by atoms with Crippen LogP contribution in [0.2, 0.25) is 0 Å². The topological polar surface area (TPSA) is 82.2 Å². The van der Waals surface area contributed by atoms with E-state index < -0.39 is 17.0 Å². The van der Waals surface area contributed by atoms with Gasteiger partial charge in [-0.1, -0.05) is 6.07 Å². The lowest BCUT2D eigenvalue weighted by Crippen LogP contribution is -2.57. The number of carbonyl (C=O) groups excluding carboxylic acids is 1. The van der Waals surface area contributed by atoms with E-state index in [-0.39, 0.29) is 11.3 Å². The van der Waals surface area contributed by atoms with E-state index in [0.29, 0.717) is 0 Å². The highest BCUT2D eigenvalue weighted by molar-refractivity contribution is 5.92. The molecule has 1 aromatic heterocycles. The van der Waals surface area contributed by atoms with E-state index in [1.165, 1.54) is 18.2 Å². The molecule has 0 bridgehead atoms. The van der Waals surface area contributed by atoms with Crippen LogP contribution >= 0.6 is 0 Å². The molecule has 3 N–H and O–H groups in total. The van der Waals surface area contributed by atoms with Crippen LogP contribution in [0.15, 0.2) is 23.0 Å². The predicted molar refractivity (Wildman–Crippen MR) is 64.9 cm³/mol. The van der Waals surface area contributed by atoms with Gasteiger partial charge in [0.1, 0.15) is 5.69 Å². The van der Waals surface area contributed by atoms with Crippen LogP contribution in [0.25, 0.3) is 0 Å². The first-order valence-corrected chi connectivity index (χ1v) is 5.38. The molecule has 0 radical (unpaired) electrons. The standard InChI is InChI=1S/C12H18N2O3/c1-11(2,12(3,4)17)14-10(16)8-6-5-7-9(15)13-8/h5-7,17H,1-4H3,(H,13,15)(H,14,16). The summed E-state index contributed by atoms with van der Waals surface area (Å²) in [5.41, 5.74) is -2.04. The third-order valence-corrected chi connectivity index (χ3v) is 2.97. The van der Waals surface area contributed by atoms with Gasteiger partial charge >= 0.3 is 0 Å². The average molecular weight is 238 g/mol. The predicted octanol–water partition coefficient (Wildman–Crippen LogP) is 0.654. The third kappa shape index (κ3) is 3.17. The Hall–Kier alpha value is -1.62. The van der Waals surface area contributed by atoms with Gasteiger partial charge < -0.3 is 15.4 Å². The van der Waals surface area contributed by atoms with E-state index >= 15 is 0 Å². The zero-order chi connectivity index (χ0) is 13.3. The SMILES string of the molecule is CC(C)(O)C(C)(C)NC(=O)c1cccc(=O)[nH]1. The Morgan fingerprint density at radius 2 is 1.88 bits per heavy atom. The average Bonchev–Trinajstić information content (AvgIpc) is 2.15. The molecular weight excluding hydrogens is 220 g/mol. The second kappa shape index (κ2) is 4.33. The molecule has 0 aliphatic heterocycles. The minimum atomic E-state index is -1.07. The number of aromatic amines is 1. The Balaban J connectivity index is 2.91. The Morgan fingerprint density at radius 3 is 2.35 bits per heavy atom. The van der Waals surface area contributed by atoms with Crippen molar-refractivity contribution in [1.82, 2.24) is 10.3 Å². The van der Waals surface area contributed by atoms with E-state index in [0.717, 1.165) is 0 Å². The molecule has 1 rings (SSSR count). The van der Waals surface area contributed by atoms with Crippen molar-refractivity contribution in [1.29, 1.82) is 0 Å². The number of amides is 1. The van der Waals surface area contributed by atoms with Gasteiger partial charge in [-0.2, -0.15) is 0 Å². The quantitative estimate of drug-likeness (QED) is 0.723. The Labute approximate surface area is 99.9 Å². The monoisotopic (exact) mass is 238 g/mol. The molecule has 17 heavy (non-hydrogen) atoms. The maximum Gasteiger partial charge on any atom is 0.268 e. The summed E-state index contributed by atoms with van der Waals surface area (Å²) < 4.78 is 0. The van der Waals surface area contributed by atoms with Crippen molar-refractivity contribution in [3.8, 4) is 0 Å². The van der Waals surface area contributed by atoms with Gasteiger partial charge in [-0.05, 0) is 33.8 Å². The van der Waals surface area contributed by atoms with Crippen LogP contribution in [0, 0.1) is 0 Å². The molecule has 0 saturated carbocycles. The number of nitrogens with one attached hydrogen (secondary N) is 2. The first kappa shape index (κ1) is 13.4. The van der Waals surface area contributed by atoms with E-state index in [1.54, 1.807) is 27.7 Å². The van der Waals surface area contributed by atoms with Gasteiger partial charge in [0.05, 0.1) is 11.1 Å². The molecule has 0 fully saturated rings. The van der Waals surface area contributed by atoms with Crippen LogP contribution in [0.1, 0.15) is 38.2 Å². The first-order chi connectivity index (χ1) is 7.63. The minimum Gasteiger partial charge on any atom is -0.388 e. The smallest absolute Gasteiger partial charge is 0.268 e. The molecule has 0 saturated heterocycles. The molecule has 1 aromatic rings. The van der Waals surface area contributed by atoms with Gasteiger partial charge in [0.15, 0.2) is 0 Å². The molecule has 5 heteroatoms. The lowest BCUT2D eigenvalue weighted by molar-refractivity contribution is -0.00302. The Bertz CT molecular complexity index is 469. The van der Waals surface area contributed by atoms with E-state index in [9.17, 15) is 14.7 Å². The van der Waals surface area contributed by atoms with Crippen LogP contribution in [-0.2, 0) is 0 Å². The number of aromatic nitrogens is 1. The lowest BCUT2D eigenvalue weighted by Gasteiger charge is -2.37. The zero-order valence-electron chi connectivity index (χ0n) is 10.5. The summed E-state index contributed by atoms with van der Waals surface area (Å²) in [4.78, 5) is 25.4. The second-order valence-corrected chi connectivity index (χ2v) is 5.07. The molecule has 0 aromatic carbocycles. The van der Waals surface area contributed by atoms with Crippen molar-refractivity contribution in [2.45, 2.75) is 38.8 Å². The lowest BCUT2D eigenvalue weighted by atomic mass is 9.86. The van der Waals surface area contributed by atoms with Crippen LogP contribution in [0.4, 0.5) is 0 Å². The number of hydrogen-bond acceptors (Lipinski definition) is 3. The van der Waals surface area contributed by atoms with Crippen LogP contribution in [0.3, 0.4) is 0 Å². The second-order valence-electron chi connectivity index (χ2n) is 5.07. The van der Waals surface area contributed by atoms with Crippen molar-refractivity contribution >= 4 is 5.91 Å². The molecule has 1 amide bonds. The first-order valence-electron chi connectivity index (χ1n) is 5.38. The Morgan fingerprint density at radius 1 is 1.29 bits per heavy atom. The highest BCUT2D eigenvalue weighted by Gasteiger charge is 2.36. The van der Waals surface area contributed by atoms with Crippen LogP contribution in [0.5, 0.6) is 0 Å². The fraction of sp³-hybridized carbons (Fsp3) is 0.500. The van der Waals surface area contributed by atoms with E-state index in [2.05, 4.69) is 10.3 Å². The summed E-state index contributed by atoms with van der Waals surface area (Å²) in [7, 11) is 0. The molecule has 94 valence electrons. The van der Waals surface area contributed by atoms with Crippen LogP contribution < -0.4 is 10.9 Å². The summed E-state index contributed by atoms with van der Waals surface area (Å²) in [6.45, 7) is 6.65. The maximum atomic E-state index is 11.9. The normalized spacial score (nSPS) is 12.3. The number of H-pyrrole nitrogens is 1. The maximum absolute atomic E-state index is 11.9. The number of aliphatic hydroxyl groups is 1. The van der Waals surface area contributed by atoms with E-state index in [4.69, 9.17) is 0 Å². The van der Waals surface area contributed by atoms with Crippen molar-refractivity contribution < 1.29 is 9.90 Å². The number of rotatable bonds is 3. The zero-order valence-corrected chi connectivity index (χ0v) is 10.5. The number of pyridine rings is 1. The van der Waals surface area contributed by atoms with E-state index in [1.807, 2.05) is 0 Å². The van der Waals surface area contributed by atoms with Gasteiger partial charge in [-0.15, -0.1) is 0 Å². The molecule has 0 spiro atoms. The number of carbonyl (C=O) groups is 1. The van der Waals surface area contributed by atoms with Gasteiger partial charge in [0.25, 0.3) is 5.91 Å². The molecule has 0 unspecified atom stereocenters. The van der Waals surface area contributed by atoms with Crippen molar-refractivity contribution in [2.24, 2.45) is 0 Å². The van der Waals surface area contributed by atoms with Crippen LogP contribution in [-0.4, -0.2) is 27.1 Å². The molecule has 1 heterocycles. The summed E-state index contributed by atoms with van der Waals surface area (Å²) in [6.07, 6.45) is 0. The van der Waals surface area contributed by atoms with Gasteiger partial charge in [-0.25, -0.2) is 0 Å². The van der Waals surface area contributed by atoms with Gasteiger partial charge in [0.2, 0.25) is 5.56 Å². The highest BCUT2D eigenvalue weighted by atomic mass is 16.3. The van der Waals surface area contributed by atoms with Crippen molar-refractivity contribution in [3.05, 3.63) is 34.2 Å². The minimum absolute atomic E-state index is 0.176. The molecule has 0 aliphatic rings. The fourth-order valence-corrected chi connectivity index (χ4v) is 1.08. The molecule has 0 atom stereocenters. The van der Waals surface area contributed by atoms with Gasteiger partial charge in [0, 0.05) is 6.07 Å². The summed E-state index contributed by atoms with van der Waals surface area (Å²) in [6, 6.07) is 4.35. The molecular formula is C12H18N2O3. The molecule has 0 aliphatic carbocycles. The molecule has 5 nitrogen and oxygen atoms in total. The van der Waals surface area contributed by atoms with Crippen molar-refractivity contribution in [2.75, 3.05) is 0 Å². The number of hydrogen-bond donors (Lipinski definition) is 3. The van der Waals surface area contributed by atoms with Gasteiger partial charge in [-0.3, -0.25) is 9.59 Å². The van der Waals surface area contributed by atoms with Crippen molar-refractivity contribution in [3.63, 3.8) is 0 Å². The summed E-state index contributed by atoms with van der Waals surface area (Å²) in [5, 5.41) is 12.6. The summed E-state index contributed by atoms with van der Waals surface area (Å²) in [5.74, 6) is -0.421. The Kier molecular flexibility index (Phi) is 3.43. The summed E-state index contributed by atoms with van der Waals surface area (Å²) >= 11 is 0. The highest BCUT2D eigenvalue weighted by Crippen LogP contribution is 2.20. The largest absolute Gasteiger partial charge is 0.388 e. The fourth-order valence-electron chi connectivity index (χ4n) is 1.08. The third-order valence-electron chi connectivity index (χ3n) is 2.97.